The minimum Gasteiger partial charge on any atom is -0.484 e. The average molecular weight is 261 g/mol. The van der Waals surface area contributed by atoms with Crippen molar-refractivity contribution < 1.29 is 9.53 Å². The highest BCUT2D eigenvalue weighted by atomic mass is 35.5. The molecule has 0 aromatic heterocycles. The molecular weight excluding hydrogens is 248 g/mol. The van der Waals surface area contributed by atoms with Gasteiger partial charge in [-0.2, -0.15) is 0 Å². The molecule has 0 aliphatic rings. The van der Waals surface area contributed by atoms with E-state index in [0.717, 1.165) is 6.42 Å². The maximum absolute atomic E-state index is 10.6. The number of benzene rings is 2. The normalized spacial score (nSPS) is 10.1. The molecule has 0 radical (unpaired) electrons. The minimum atomic E-state index is -0.497. The summed E-state index contributed by atoms with van der Waals surface area (Å²) in [5.41, 5.74) is 2.47. The van der Waals surface area contributed by atoms with Gasteiger partial charge in [-0.05, 0) is 41.3 Å². The van der Waals surface area contributed by atoms with Crippen molar-refractivity contribution in [2.75, 3.05) is 6.61 Å². The van der Waals surface area contributed by atoms with Crippen LogP contribution in [0.5, 0.6) is 5.75 Å². The van der Waals surface area contributed by atoms with Crippen LogP contribution in [0.1, 0.15) is 11.1 Å². The van der Waals surface area contributed by atoms with Crippen LogP contribution in [-0.4, -0.2) is 11.8 Å². The zero-order valence-electron chi connectivity index (χ0n) is 9.80. The number of ether oxygens (including phenoxy) is 1. The predicted molar refractivity (Wildman–Crippen MR) is 72.0 cm³/mol. The quantitative estimate of drug-likeness (QED) is 0.770. The second-order valence-corrected chi connectivity index (χ2v) is 4.37. The summed E-state index contributed by atoms with van der Waals surface area (Å²) in [4.78, 5) is 10.6. The van der Waals surface area contributed by atoms with Crippen LogP contribution in [0.2, 0.25) is 0 Å². The van der Waals surface area contributed by atoms with Gasteiger partial charge in [0.2, 0.25) is 0 Å². The van der Waals surface area contributed by atoms with Crippen LogP contribution in [0.4, 0.5) is 0 Å². The second kappa shape index (κ2) is 6.22. The van der Waals surface area contributed by atoms with Gasteiger partial charge in [-0.1, -0.05) is 42.5 Å². The van der Waals surface area contributed by atoms with Gasteiger partial charge in [0.25, 0.3) is 5.24 Å². The van der Waals surface area contributed by atoms with Gasteiger partial charge in [-0.15, -0.1) is 0 Å². The Morgan fingerprint density at radius 2 is 1.56 bits per heavy atom. The molecule has 0 saturated heterocycles. The molecule has 0 N–H and O–H groups in total. The molecule has 0 unspecified atom stereocenters. The van der Waals surface area contributed by atoms with E-state index in [9.17, 15) is 4.79 Å². The first kappa shape index (κ1) is 12.7. The topological polar surface area (TPSA) is 26.3 Å². The van der Waals surface area contributed by atoms with E-state index in [1.54, 1.807) is 0 Å². The maximum atomic E-state index is 10.6. The maximum Gasteiger partial charge on any atom is 0.259 e. The van der Waals surface area contributed by atoms with Crippen LogP contribution in [0, 0.1) is 0 Å². The summed E-state index contributed by atoms with van der Waals surface area (Å²) < 4.78 is 5.19. The monoisotopic (exact) mass is 260 g/mol. The van der Waals surface area contributed by atoms with Gasteiger partial charge < -0.3 is 4.74 Å². The summed E-state index contributed by atoms with van der Waals surface area (Å²) >= 11 is 5.20. The van der Waals surface area contributed by atoms with Crippen LogP contribution in [-0.2, 0) is 11.2 Å². The highest BCUT2D eigenvalue weighted by molar-refractivity contribution is 6.63. The first-order chi connectivity index (χ1) is 8.74. The second-order valence-electron chi connectivity index (χ2n) is 3.95. The fourth-order valence-corrected chi connectivity index (χ4v) is 1.73. The number of halogens is 1. The third-order valence-corrected chi connectivity index (χ3v) is 2.64. The number of carbonyl (C=O) groups is 1. The molecule has 0 spiro atoms. The molecule has 3 heteroatoms. The Kier molecular flexibility index (Phi) is 4.37. The lowest BCUT2D eigenvalue weighted by molar-refractivity contribution is -0.113. The summed E-state index contributed by atoms with van der Waals surface area (Å²) in [5.74, 6) is 0.654. The average Bonchev–Trinajstić information content (AvgIpc) is 2.39. The van der Waals surface area contributed by atoms with E-state index in [0.29, 0.717) is 5.75 Å². The molecule has 0 heterocycles. The third kappa shape index (κ3) is 3.90. The zero-order chi connectivity index (χ0) is 12.8. The first-order valence-corrected chi connectivity index (χ1v) is 6.06. The Hall–Kier alpha value is -1.80. The number of carbonyl (C=O) groups excluding carboxylic acids is 1. The molecule has 2 aromatic carbocycles. The van der Waals surface area contributed by atoms with Crippen molar-refractivity contribution in [1.82, 2.24) is 0 Å². The molecular formula is C15H13ClO2. The first-order valence-electron chi connectivity index (χ1n) is 5.68. The van der Waals surface area contributed by atoms with Crippen molar-refractivity contribution in [2.45, 2.75) is 6.42 Å². The highest BCUT2D eigenvalue weighted by Gasteiger charge is 2.00. The van der Waals surface area contributed by atoms with Crippen LogP contribution < -0.4 is 4.74 Å². The molecule has 2 rings (SSSR count). The Morgan fingerprint density at radius 3 is 2.17 bits per heavy atom. The standard InChI is InChI=1S/C15H13ClO2/c16-15(17)11-18-14-8-6-13(7-9-14)10-12-4-2-1-3-5-12/h1-9H,10-11H2. The van der Waals surface area contributed by atoms with Crippen LogP contribution in [0.25, 0.3) is 0 Å². The summed E-state index contributed by atoms with van der Waals surface area (Å²) in [6.07, 6.45) is 0.884. The number of hydrogen-bond acceptors (Lipinski definition) is 2. The summed E-state index contributed by atoms with van der Waals surface area (Å²) in [6.45, 7) is -0.0976. The van der Waals surface area contributed by atoms with E-state index in [2.05, 4.69) is 12.1 Å². The van der Waals surface area contributed by atoms with Crippen molar-refractivity contribution in [2.24, 2.45) is 0 Å². The molecule has 0 amide bonds. The van der Waals surface area contributed by atoms with Gasteiger partial charge >= 0.3 is 0 Å². The Labute approximate surface area is 111 Å². The number of rotatable bonds is 5. The van der Waals surface area contributed by atoms with Gasteiger partial charge in [-0.25, -0.2) is 0 Å². The van der Waals surface area contributed by atoms with Crippen molar-refractivity contribution in [3.05, 3.63) is 65.7 Å². The lowest BCUT2D eigenvalue weighted by atomic mass is 10.1. The van der Waals surface area contributed by atoms with E-state index < -0.39 is 5.24 Å². The van der Waals surface area contributed by atoms with Gasteiger partial charge in [0.05, 0.1) is 0 Å². The molecule has 2 aromatic rings. The van der Waals surface area contributed by atoms with E-state index in [-0.39, 0.29) is 6.61 Å². The molecule has 0 aliphatic carbocycles. The van der Waals surface area contributed by atoms with Gasteiger partial charge in [-0.3, -0.25) is 4.79 Å². The van der Waals surface area contributed by atoms with E-state index >= 15 is 0 Å². The minimum absolute atomic E-state index is 0.0976. The zero-order valence-corrected chi connectivity index (χ0v) is 10.6. The van der Waals surface area contributed by atoms with Crippen LogP contribution >= 0.6 is 11.6 Å². The highest BCUT2D eigenvalue weighted by Crippen LogP contribution is 2.15. The molecule has 2 nitrogen and oxygen atoms in total. The van der Waals surface area contributed by atoms with Gasteiger partial charge in [0.1, 0.15) is 5.75 Å². The SMILES string of the molecule is O=C(Cl)COc1ccc(Cc2ccccc2)cc1. The fourth-order valence-electron chi connectivity index (χ4n) is 1.68. The molecule has 18 heavy (non-hydrogen) atoms. The predicted octanol–water partition coefficient (Wildman–Crippen LogP) is 3.42. The van der Waals surface area contributed by atoms with Crippen molar-refractivity contribution in [3.8, 4) is 5.75 Å². The fraction of sp³-hybridized carbons (Fsp3) is 0.133. The lowest BCUT2D eigenvalue weighted by Crippen LogP contribution is -2.04. The molecule has 0 saturated carbocycles. The lowest BCUT2D eigenvalue weighted by Gasteiger charge is -2.05. The summed E-state index contributed by atoms with van der Waals surface area (Å²) in [5, 5.41) is -0.497. The van der Waals surface area contributed by atoms with Crippen LogP contribution in [0.3, 0.4) is 0 Å². The van der Waals surface area contributed by atoms with Crippen molar-refractivity contribution in [3.63, 3.8) is 0 Å². The molecule has 0 bridgehead atoms. The Bertz CT molecular complexity index is 506. The van der Waals surface area contributed by atoms with E-state index in [1.165, 1.54) is 11.1 Å². The van der Waals surface area contributed by atoms with E-state index in [1.807, 2.05) is 42.5 Å². The summed E-state index contributed by atoms with van der Waals surface area (Å²) in [7, 11) is 0. The molecule has 0 atom stereocenters. The largest absolute Gasteiger partial charge is 0.484 e. The van der Waals surface area contributed by atoms with E-state index in [4.69, 9.17) is 16.3 Å². The van der Waals surface area contributed by atoms with Crippen molar-refractivity contribution >= 4 is 16.8 Å². The Morgan fingerprint density at radius 1 is 0.944 bits per heavy atom. The van der Waals surface area contributed by atoms with Gasteiger partial charge in [0.15, 0.2) is 6.61 Å². The van der Waals surface area contributed by atoms with Crippen molar-refractivity contribution in [1.29, 1.82) is 0 Å². The Balaban J connectivity index is 1.97. The van der Waals surface area contributed by atoms with Crippen LogP contribution in [0.15, 0.2) is 54.6 Å². The third-order valence-electron chi connectivity index (χ3n) is 2.53. The molecule has 92 valence electrons. The molecule has 0 fully saturated rings. The van der Waals surface area contributed by atoms with Gasteiger partial charge in [0, 0.05) is 0 Å². The number of hydrogen-bond donors (Lipinski definition) is 0. The smallest absolute Gasteiger partial charge is 0.259 e. The summed E-state index contributed by atoms with van der Waals surface area (Å²) in [6, 6.07) is 17.9. The molecule has 0 aliphatic heterocycles.